The first kappa shape index (κ1) is 14.3. The van der Waals surface area contributed by atoms with E-state index >= 15 is 0 Å². The van der Waals surface area contributed by atoms with Crippen LogP contribution in [0.4, 0.5) is 4.39 Å². The minimum Gasteiger partial charge on any atom is -0.485 e. The Bertz CT molecular complexity index is 647. The number of hydrogen-bond donors (Lipinski definition) is 0. The van der Waals surface area contributed by atoms with Crippen LogP contribution in [0.15, 0.2) is 36.4 Å². The number of hydrogen-bond acceptors (Lipinski definition) is 2. The van der Waals surface area contributed by atoms with Crippen LogP contribution >= 0.6 is 0 Å². The first-order chi connectivity index (χ1) is 9.47. The highest BCUT2D eigenvalue weighted by Crippen LogP contribution is 2.23. The van der Waals surface area contributed by atoms with Gasteiger partial charge in [0.25, 0.3) is 0 Å². The second-order valence-electron chi connectivity index (χ2n) is 4.93. The molecule has 0 unspecified atom stereocenters. The lowest BCUT2D eigenvalue weighted by molar-refractivity contribution is 0.0920. The summed E-state index contributed by atoms with van der Waals surface area (Å²) in [5.74, 6) is 0.0498. The smallest absolute Gasteiger partial charge is 0.200 e. The highest BCUT2D eigenvalue weighted by Gasteiger charge is 2.10. The van der Waals surface area contributed by atoms with E-state index in [0.717, 1.165) is 16.7 Å². The van der Waals surface area contributed by atoms with Crippen molar-refractivity contribution in [3.8, 4) is 5.75 Å². The maximum Gasteiger partial charge on any atom is 0.200 e. The third-order valence-electron chi connectivity index (χ3n) is 3.27. The molecule has 2 aromatic carbocycles. The van der Waals surface area contributed by atoms with E-state index in [1.807, 2.05) is 26.8 Å². The molecule has 2 nitrogen and oxygen atoms in total. The van der Waals surface area contributed by atoms with Crippen LogP contribution in [0, 0.1) is 26.6 Å². The predicted molar refractivity (Wildman–Crippen MR) is 76.9 cm³/mol. The molecule has 0 saturated heterocycles. The molecule has 0 fully saturated rings. The first-order valence-electron chi connectivity index (χ1n) is 6.47. The van der Waals surface area contributed by atoms with Crippen molar-refractivity contribution in [3.63, 3.8) is 0 Å². The molecule has 0 aromatic heterocycles. The third-order valence-corrected chi connectivity index (χ3v) is 3.27. The Labute approximate surface area is 118 Å². The van der Waals surface area contributed by atoms with Gasteiger partial charge in [-0.05, 0) is 55.7 Å². The van der Waals surface area contributed by atoms with E-state index in [2.05, 4.69) is 6.07 Å². The normalized spacial score (nSPS) is 10.4. The van der Waals surface area contributed by atoms with E-state index in [1.165, 1.54) is 18.2 Å². The van der Waals surface area contributed by atoms with Gasteiger partial charge in [-0.15, -0.1) is 0 Å². The predicted octanol–water partition coefficient (Wildman–Crippen LogP) is 4.01. The number of aryl methyl sites for hydroxylation is 2. The fraction of sp³-hybridized carbons (Fsp3) is 0.235. The zero-order valence-electron chi connectivity index (χ0n) is 11.9. The maximum absolute atomic E-state index is 13.1. The number of Topliss-reactive ketones (excluding diaryl/α,β-unsaturated/α-hetero) is 1. The van der Waals surface area contributed by atoms with Gasteiger partial charge < -0.3 is 4.74 Å². The van der Waals surface area contributed by atoms with Crippen molar-refractivity contribution in [2.24, 2.45) is 0 Å². The summed E-state index contributed by atoms with van der Waals surface area (Å²) >= 11 is 0. The highest BCUT2D eigenvalue weighted by molar-refractivity contribution is 5.97. The monoisotopic (exact) mass is 272 g/mol. The summed E-state index contributed by atoms with van der Waals surface area (Å²) < 4.78 is 18.7. The summed E-state index contributed by atoms with van der Waals surface area (Å²) in [7, 11) is 0. The highest BCUT2D eigenvalue weighted by atomic mass is 19.1. The molecule has 104 valence electrons. The molecule has 0 aliphatic rings. The minimum atomic E-state index is -0.418. The van der Waals surface area contributed by atoms with Crippen LogP contribution in [0.25, 0.3) is 0 Å². The second-order valence-corrected chi connectivity index (χ2v) is 4.93. The molecule has 0 atom stereocenters. The van der Waals surface area contributed by atoms with Gasteiger partial charge in [0.05, 0.1) is 0 Å². The standard InChI is InChI=1S/C17H17FO2/c1-11-7-12(2)13(3)17(8-11)20-10-16(19)14-5-4-6-15(18)9-14/h4-9H,10H2,1-3H3. The molecular weight excluding hydrogens is 255 g/mol. The summed E-state index contributed by atoms with van der Waals surface area (Å²) in [5, 5.41) is 0. The van der Waals surface area contributed by atoms with Crippen molar-refractivity contribution in [3.05, 3.63) is 64.5 Å². The fourth-order valence-corrected chi connectivity index (χ4v) is 2.04. The Morgan fingerprint density at radius 3 is 2.60 bits per heavy atom. The largest absolute Gasteiger partial charge is 0.485 e. The lowest BCUT2D eigenvalue weighted by Gasteiger charge is -2.12. The number of halogens is 1. The molecule has 0 N–H and O–H groups in total. The molecular formula is C17H17FO2. The van der Waals surface area contributed by atoms with E-state index < -0.39 is 5.82 Å². The number of rotatable bonds is 4. The molecule has 0 spiro atoms. The van der Waals surface area contributed by atoms with Gasteiger partial charge >= 0.3 is 0 Å². The van der Waals surface area contributed by atoms with Crippen LogP contribution in [0.3, 0.4) is 0 Å². The topological polar surface area (TPSA) is 26.3 Å². The third kappa shape index (κ3) is 3.23. The lowest BCUT2D eigenvalue weighted by Crippen LogP contribution is -2.12. The Kier molecular flexibility index (Phi) is 4.18. The molecule has 0 bridgehead atoms. The number of benzene rings is 2. The van der Waals surface area contributed by atoms with Crippen LogP contribution in [0.2, 0.25) is 0 Å². The average molecular weight is 272 g/mol. The van der Waals surface area contributed by atoms with Gasteiger partial charge in [0.1, 0.15) is 11.6 Å². The van der Waals surface area contributed by atoms with E-state index in [-0.39, 0.29) is 12.4 Å². The second kappa shape index (κ2) is 5.87. The van der Waals surface area contributed by atoms with Crippen LogP contribution < -0.4 is 4.74 Å². The molecule has 2 rings (SSSR count). The van der Waals surface area contributed by atoms with E-state index in [9.17, 15) is 9.18 Å². The Morgan fingerprint density at radius 1 is 1.15 bits per heavy atom. The summed E-state index contributed by atoms with van der Waals surface area (Å²) in [6.07, 6.45) is 0. The van der Waals surface area contributed by atoms with Gasteiger partial charge in [0, 0.05) is 5.56 Å². The number of carbonyl (C=O) groups excluding carboxylic acids is 1. The van der Waals surface area contributed by atoms with Crippen LogP contribution in [-0.2, 0) is 0 Å². The number of ether oxygens (including phenoxy) is 1. The van der Waals surface area contributed by atoms with Crippen molar-refractivity contribution >= 4 is 5.78 Å². The van der Waals surface area contributed by atoms with Gasteiger partial charge in [0.15, 0.2) is 12.4 Å². The zero-order chi connectivity index (χ0) is 14.7. The van der Waals surface area contributed by atoms with Gasteiger partial charge in [0.2, 0.25) is 0 Å². The van der Waals surface area contributed by atoms with Crippen LogP contribution in [0.1, 0.15) is 27.0 Å². The summed E-state index contributed by atoms with van der Waals surface area (Å²) in [4.78, 5) is 12.0. The van der Waals surface area contributed by atoms with Gasteiger partial charge in [-0.2, -0.15) is 0 Å². The first-order valence-corrected chi connectivity index (χ1v) is 6.47. The van der Waals surface area contributed by atoms with E-state index in [0.29, 0.717) is 11.3 Å². The molecule has 2 aromatic rings. The molecule has 0 radical (unpaired) electrons. The van der Waals surface area contributed by atoms with Crippen molar-refractivity contribution in [2.45, 2.75) is 20.8 Å². The Balaban J connectivity index is 2.11. The van der Waals surface area contributed by atoms with Crippen molar-refractivity contribution in [1.82, 2.24) is 0 Å². The van der Waals surface area contributed by atoms with Gasteiger partial charge in [-0.1, -0.05) is 18.2 Å². The van der Waals surface area contributed by atoms with Crippen molar-refractivity contribution in [1.29, 1.82) is 0 Å². The van der Waals surface area contributed by atoms with Crippen LogP contribution in [-0.4, -0.2) is 12.4 Å². The molecule has 0 saturated carbocycles. The number of carbonyl (C=O) groups is 1. The summed E-state index contributed by atoms with van der Waals surface area (Å²) in [5.41, 5.74) is 3.55. The number of ketones is 1. The summed E-state index contributed by atoms with van der Waals surface area (Å²) in [6, 6.07) is 9.61. The minimum absolute atomic E-state index is 0.0901. The Hall–Kier alpha value is -2.16. The zero-order valence-corrected chi connectivity index (χ0v) is 11.9. The van der Waals surface area contributed by atoms with Gasteiger partial charge in [-0.25, -0.2) is 4.39 Å². The Morgan fingerprint density at radius 2 is 1.90 bits per heavy atom. The lowest BCUT2D eigenvalue weighted by atomic mass is 10.1. The van der Waals surface area contributed by atoms with Crippen LogP contribution in [0.5, 0.6) is 5.75 Å². The quantitative estimate of drug-likeness (QED) is 0.786. The molecule has 0 aliphatic heterocycles. The molecule has 20 heavy (non-hydrogen) atoms. The molecule has 0 aliphatic carbocycles. The maximum atomic E-state index is 13.1. The van der Waals surface area contributed by atoms with Crippen molar-refractivity contribution in [2.75, 3.05) is 6.61 Å². The van der Waals surface area contributed by atoms with Crippen molar-refractivity contribution < 1.29 is 13.9 Å². The molecule has 3 heteroatoms. The van der Waals surface area contributed by atoms with E-state index in [1.54, 1.807) is 6.07 Å². The average Bonchev–Trinajstić information content (AvgIpc) is 2.40. The summed E-state index contributed by atoms with van der Waals surface area (Å²) in [6.45, 7) is 5.85. The fourth-order valence-electron chi connectivity index (χ4n) is 2.04. The molecule has 0 heterocycles. The molecule has 0 amide bonds. The van der Waals surface area contributed by atoms with Gasteiger partial charge in [-0.3, -0.25) is 4.79 Å². The van der Waals surface area contributed by atoms with E-state index in [4.69, 9.17) is 4.74 Å². The SMILES string of the molecule is Cc1cc(C)c(C)c(OCC(=O)c2cccc(F)c2)c1.